The number of hydrogen-bond acceptors (Lipinski definition) is 6. The second-order valence-electron chi connectivity index (χ2n) is 8.36. The molecular weight excluding hydrogens is 445 g/mol. The van der Waals surface area contributed by atoms with Gasteiger partial charge in [-0.3, -0.25) is 9.59 Å². The number of amides is 2. The molecule has 2 aliphatic heterocycles. The fraction of sp³-hybridized carbons (Fsp3) is 0.375. The molecule has 1 saturated heterocycles. The summed E-state index contributed by atoms with van der Waals surface area (Å²) < 4.78 is 26.0. The molecule has 2 heterocycles. The minimum absolute atomic E-state index is 0.0589. The Bertz CT molecular complexity index is 1110. The number of nitrogens with zero attached hydrogens (tertiary/aromatic N) is 1. The number of hydrogen-bond donors (Lipinski definition) is 3. The first kappa shape index (κ1) is 23.7. The van der Waals surface area contributed by atoms with Gasteiger partial charge in [-0.05, 0) is 42.3 Å². The molecule has 0 radical (unpaired) electrons. The van der Waals surface area contributed by atoms with Crippen molar-refractivity contribution in [1.29, 1.82) is 0 Å². The number of carbonyl (C=O) groups is 3. The molecule has 2 aromatic rings. The SMILES string of the molecule is CCCN1CC(=O)N[C@@H]2CNC[C@H]2OCc2cc(F)cc(c2)Oc2cc(C(=O)O)cc(c2)C1=O. The predicted octanol–water partition coefficient (Wildman–Crippen LogP) is 2.16. The van der Waals surface area contributed by atoms with Crippen LogP contribution < -0.4 is 15.4 Å². The molecule has 34 heavy (non-hydrogen) atoms. The van der Waals surface area contributed by atoms with Gasteiger partial charge in [0.05, 0.1) is 30.9 Å². The van der Waals surface area contributed by atoms with E-state index >= 15 is 0 Å². The summed E-state index contributed by atoms with van der Waals surface area (Å²) in [6.45, 7) is 3.10. The Kier molecular flexibility index (Phi) is 7.09. The monoisotopic (exact) mass is 471 g/mol. The van der Waals surface area contributed by atoms with Gasteiger partial charge in [-0.1, -0.05) is 6.92 Å². The third kappa shape index (κ3) is 5.52. The Morgan fingerprint density at radius 3 is 2.71 bits per heavy atom. The highest BCUT2D eigenvalue weighted by Crippen LogP contribution is 2.27. The number of nitrogens with one attached hydrogen (secondary N) is 2. The van der Waals surface area contributed by atoms with E-state index in [0.29, 0.717) is 31.6 Å². The van der Waals surface area contributed by atoms with E-state index in [0.717, 1.165) is 0 Å². The molecule has 3 N–H and O–H groups in total. The Morgan fingerprint density at radius 1 is 1.15 bits per heavy atom. The average Bonchev–Trinajstić information content (AvgIpc) is 3.22. The van der Waals surface area contributed by atoms with Gasteiger partial charge >= 0.3 is 5.97 Å². The minimum atomic E-state index is -1.25. The maximum atomic E-state index is 14.3. The number of rotatable bonds is 3. The second-order valence-corrected chi connectivity index (χ2v) is 8.36. The third-order valence-electron chi connectivity index (χ3n) is 5.65. The fourth-order valence-electron chi connectivity index (χ4n) is 4.11. The number of aromatic carboxylic acids is 1. The molecule has 0 aromatic heterocycles. The van der Waals surface area contributed by atoms with Crippen LogP contribution in [0.1, 0.15) is 39.6 Å². The molecule has 2 atom stereocenters. The summed E-state index contributed by atoms with van der Waals surface area (Å²) in [7, 11) is 0. The van der Waals surface area contributed by atoms with Crippen LogP contribution in [0.4, 0.5) is 4.39 Å². The van der Waals surface area contributed by atoms with Gasteiger partial charge in [0.25, 0.3) is 5.91 Å². The van der Waals surface area contributed by atoms with E-state index in [1.54, 1.807) is 6.07 Å². The number of halogens is 1. The lowest BCUT2D eigenvalue weighted by molar-refractivity contribution is -0.123. The molecule has 10 heteroatoms. The maximum absolute atomic E-state index is 14.3. The van der Waals surface area contributed by atoms with Crippen molar-refractivity contribution in [1.82, 2.24) is 15.5 Å². The lowest BCUT2D eigenvalue weighted by Crippen LogP contribution is -2.48. The molecule has 180 valence electrons. The molecule has 2 aliphatic rings. The van der Waals surface area contributed by atoms with E-state index in [2.05, 4.69) is 10.6 Å². The largest absolute Gasteiger partial charge is 0.478 e. The molecule has 2 aromatic carbocycles. The lowest BCUT2D eigenvalue weighted by Gasteiger charge is -2.25. The van der Waals surface area contributed by atoms with Gasteiger partial charge in [0.1, 0.15) is 17.3 Å². The van der Waals surface area contributed by atoms with Gasteiger partial charge in [-0.2, -0.15) is 0 Å². The number of ether oxygens (including phenoxy) is 2. The predicted molar refractivity (Wildman–Crippen MR) is 119 cm³/mol. The van der Waals surface area contributed by atoms with Crippen molar-refractivity contribution in [3.8, 4) is 11.5 Å². The van der Waals surface area contributed by atoms with Crippen molar-refractivity contribution >= 4 is 17.8 Å². The van der Waals surface area contributed by atoms with Crippen LogP contribution in [-0.4, -0.2) is 66.1 Å². The zero-order chi connectivity index (χ0) is 24.2. The highest BCUT2D eigenvalue weighted by molar-refractivity contribution is 5.99. The number of carbonyl (C=O) groups excluding carboxylic acids is 2. The zero-order valence-corrected chi connectivity index (χ0v) is 18.7. The van der Waals surface area contributed by atoms with Crippen molar-refractivity contribution < 1.29 is 33.4 Å². The number of fused-ring (bicyclic) bond motifs is 5. The topological polar surface area (TPSA) is 117 Å². The van der Waals surface area contributed by atoms with Crippen molar-refractivity contribution in [3.63, 3.8) is 0 Å². The van der Waals surface area contributed by atoms with Crippen molar-refractivity contribution in [2.45, 2.75) is 32.1 Å². The van der Waals surface area contributed by atoms with Crippen molar-refractivity contribution in [2.24, 2.45) is 0 Å². The van der Waals surface area contributed by atoms with E-state index < -0.39 is 17.7 Å². The summed E-state index contributed by atoms with van der Waals surface area (Å²) in [4.78, 5) is 39.1. The number of carboxylic acids is 1. The van der Waals surface area contributed by atoms with Gasteiger partial charge in [0.2, 0.25) is 5.91 Å². The van der Waals surface area contributed by atoms with E-state index in [9.17, 15) is 23.9 Å². The van der Waals surface area contributed by atoms with E-state index in [1.165, 1.54) is 35.2 Å². The van der Waals surface area contributed by atoms with Crippen LogP contribution in [0.15, 0.2) is 36.4 Å². The molecule has 4 bridgehead atoms. The molecule has 0 spiro atoms. The fourth-order valence-corrected chi connectivity index (χ4v) is 4.11. The van der Waals surface area contributed by atoms with Crippen LogP contribution in [0.3, 0.4) is 0 Å². The molecule has 2 amide bonds. The summed E-state index contributed by atoms with van der Waals surface area (Å²) in [5.41, 5.74) is 0.408. The molecule has 1 fully saturated rings. The van der Waals surface area contributed by atoms with Crippen LogP contribution in [0.5, 0.6) is 11.5 Å². The highest BCUT2D eigenvalue weighted by Gasteiger charge is 2.30. The van der Waals surface area contributed by atoms with E-state index in [-0.39, 0.29) is 53.8 Å². The molecular formula is C24H26FN3O6. The Hall–Kier alpha value is -3.50. The minimum Gasteiger partial charge on any atom is -0.478 e. The number of benzene rings is 2. The van der Waals surface area contributed by atoms with Crippen LogP contribution in [0, 0.1) is 5.82 Å². The first-order valence-corrected chi connectivity index (χ1v) is 11.1. The van der Waals surface area contributed by atoms with Crippen LogP contribution in [0.25, 0.3) is 0 Å². The molecule has 4 rings (SSSR count). The Labute approximate surface area is 195 Å². The first-order chi connectivity index (χ1) is 16.3. The van der Waals surface area contributed by atoms with Gasteiger partial charge in [-0.25, -0.2) is 9.18 Å². The molecule has 9 nitrogen and oxygen atoms in total. The number of carboxylic acid groups (broad SMARTS) is 1. The maximum Gasteiger partial charge on any atom is 0.335 e. The van der Waals surface area contributed by atoms with Gasteiger partial charge in [0.15, 0.2) is 0 Å². The van der Waals surface area contributed by atoms with Crippen LogP contribution in [0.2, 0.25) is 0 Å². The normalized spacial score (nSPS) is 20.9. The first-order valence-electron chi connectivity index (χ1n) is 11.1. The van der Waals surface area contributed by atoms with Gasteiger partial charge in [-0.15, -0.1) is 0 Å². The van der Waals surface area contributed by atoms with Crippen LogP contribution in [-0.2, 0) is 16.1 Å². The summed E-state index contributed by atoms with van der Waals surface area (Å²) >= 11 is 0. The summed E-state index contributed by atoms with van der Waals surface area (Å²) in [5.74, 6) is -2.45. The molecule has 0 saturated carbocycles. The molecule has 0 aliphatic carbocycles. The summed E-state index contributed by atoms with van der Waals surface area (Å²) in [6.07, 6.45) is 0.273. The standard InChI is InChI=1S/C24H26FN3O6/c1-2-3-28-12-22(29)27-20-10-26-11-21(20)33-13-14-4-17(25)9-18(5-14)34-19-7-15(23(28)30)6-16(8-19)24(31)32/h4-9,20-21,26H,2-3,10-13H2,1H3,(H,27,29)(H,31,32)/t20-,21-/m1/s1. The highest BCUT2D eigenvalue weighted by atomic mass is 19.1. The summed E-state index contributed by atoms with van der Waals surface area (Å²) in [6, 6.07) is 7.65. The van der Waals surface area contributed by atoms with Gasteiger partial charge < -0.3 is 30.1 Å². The smallest absolute Gasteiger partial charge is 0.335 e. The van der Waals surface area contributed by atoms with Crippen molar-refractivity contribution in [3.05, 3.63) is 58.9 Å². The van der Waals surface area contributed by atoms with E-state index in [1.807, 2.05) is 6.92 Å². The van der Waals surface area contributed by atoms with E-state index in [4.69, 9.17) is 9.47 Å². The van der Waals surface area contributed by atoms with Gasteiger partial charge in [0, 0.05) is 31.3 Å². The van der Waals surface area contributed by atoms with Crippen LogP contribution >= 0.6 is 0 Å². The Balaban J connectivity index is 1.76. The zero-order valence-electron chi connectivity index (χ0n) is 18.7. The average molecular weight is 471 g/mol. The third-order valence-corrected chi connectivity index (χ3v) is 5.65. The molecule has 0 unspecified atom stereocenters. The van der Waals surface area contributed by atoms with Crippen molar-refractivity contribution in [2.75, 3.05) is 26.2 Å². The second kappa shape index (κ2) is 10.2. The summed E-state index contributed by atoms with van der Waals surface area (Å²) in [5, 5.41) is 15.6. The quantitative estimate of drug-likeness (QED) is 0.628. The lowest BCUT2D eigenvalue weighted by atomic mass is 10.1. The Morgan fingerprint density at radius 2 is 1.94 bits per heavy atom.